The van der Waals surface area contributed by atoms with Crippen molar-refractivity contribution in [2.45, 2.75) is 0 Å². The van der Waals surface area contributed by atoms with Gasteiger partial charge in [0.25, 0.3) is 0 Å². The fourth-order valence-electron chi connectivity index (χ4n) is 1.97. The second-order valence-electron chi connectivity index (χ2n) is 4.38. The van der Waals surface area contributed by atoms with Crippen LogP contribution in [0.25, 0.3) is 11.0 Å². The summed E-state index contributed by atoms with van der Waals surface area (Å²) in [6.45, 7) is 0.211. The standard InChI is InChI=1S/C18H12O3/c19-18-13-17(15-10-4-5-11-16(15)21-18)20-12-6-9-14-7-2-1-3-8-14/h1-5,7-8,10-11,13H,12H2. The lowest BCUT2D eigenvalue weighted by Gasteiger charge is -2.04. The van der Waals surface area contributed by atoms with Gasteiger partial charge >= 0.3 is 5.63 Å². The number of benzene rings is 2. The molecule has 1 heterocycles. The number of rotatable bonds is 2. The molecule has 0 fully saturated rings. The van der Waals surface area contributed by atoms with Crippen LogP contribution in [-0.4, -0.2) is 6.61 Å². The fraction of sp³-hybridized carbons (Fsp3) is 0.0556. The summed E-state index contributed by atoms with van der Waals surface area (Å²) in [4.78, 5) is 11.5. The number of fused-ring (bicyclic) bond motifs is 1. The molecule has 3 nitrogen and oxygen atoms in total. The molecule has 0 saturated heterocycles. The highest BCUT2D eigenvalue weighted by Crippen LogP contribution is 2.22. The van der Waals surface area contributed by atoms with E-state index < -0.39 is 5.63 Å². The van der Waals surface area contributed by atoms with Gasteiger partial charge in [-0.15, -0.1) is 0 Å². The molecule has 0 N–H and O–H groups in total. The molecular formula is C18H12O3. The second-order valence-corrected chi connectivity index (χ2v) is 4.38. The van der Waals surface area contributed by atoms with Crippen LogP contribution in [0.15, 0.2) is 69.9 Å². The van der Waals surface area contributed by atoms with Gasteiger partial charge in [-0.3, -0.25) is 0 Å². The predicted octanol–water partition coefficient (Wildman–Crippen LogP) is 3.22. The van der Waals surface area contributed by atoms with Crippen molar-refractivity contribution in [3.63, 3.8) is 0 Å². The number of hydrogen-bond donors (Lipinski definition) is 0. The van der Waals surface area contributed by atoms with Crippen LogP contribution in [0.3, 0.4) is 0 Å². The summed E-state index contributed by atoms with van der Waals surface area (Å²) < 4.78 is 10.7. The van der Waals surface area contributed by atoms with Gasteiger partial charge in [0.15, 0.2) is 0 Å². The van der Waals surface area contributed by atoms with E-state index >= 15 is 0 Å². The first-order valence-electron chi connectivity index (χ1n) is 6.52. The molecule has 0 bridgehead atoms. The van der Waals surface area contributed by atoms with E-state index in [2.05, 4.69) is 11.8 Å². The zero-order chi connectivity index (χ0) is 14.5. The summed E-state index contributed by atoms with van der Waals surface area (Å²) in [5.41, 5.74) is 1.01. The van der Waals surface area contributed by atoms with Gasteiger partial charge in [-0.2, -0.15) is 0 Å². The molecule has 0 aliphatic heterocycles. The van der Waals surface area contributed by atoms with Gasteiger partial charge < -0.3 is 9.15 Å². The maximum atomic E-state index is 11.5. The Labute approximate surface area is 121 Å². The third-order valence-corrected chi connectivity index (χ3v) is 2.92. The van der Waals surface area contributed by atoms with Crippen molar-refractivity contribution in [1.82, 2.24) is 0 Å². The first-order chi connectivity index (χ1) is 10.3. The summed E-state index contributed by atoms with van der Waals surface area (Å²) in [7, 11) is 0. The Morgan fingerprint density at radius 3 is 2.62 bits per heavy atom. The zero-order valence-electron chi connectivity index (χ0n) is 11.2. The van der Waals surface area contributed by atoms with Gasteiger partial charge in [-0.25, -0.2) is 4.79 Å². The molecule has 1 aromatic heterocycles. The lowest BCUT2D eigenvalue weighted by molar-refractivity contribution is 0.370. The molecule has 0 saturated carbocycles. The maximum Gasteiger partial charge on any atom is 0.339 e. The smallest absolute Gasteiger partial charge is 0.339 e. The van der Waals surface area contributed by atoms with Gasteiger partial charge in [0, 0.05) is 5.56 Å². The van der Waals surface area contributed by atoms with E-state index in [4.69, 9.17) is 9.15 Å². The average molecular weight is 276 g/mol. The van der Waals surface area contributed by atoms with Gasteiger partial charge in [-0.1, -0.05) is 42.2 Å². The molecule has 3 heteroatoms. The van der Waals surface area contributed by atoms with Crippen molar-refractivity contribution in [3.05, 3.63) is 76.6 Å². The van der Waals surface area contributed by atoms with Crippen molar-refractivity contribution in [1.29, 1.82) is 0 Å². The van der Waals surface area contributed by atoms with Crippen LogP contribution in [-0.2, 0) is 0 Å². The first-order valence-corrected chi connectivity index (χ1v) is 6.52. The summed E-state index contributed by atoms with van der Waals surface area (Å²) >= 11 is 0. The molecule has 0 amide bonds. The molecule has 0 aliphatic rings. The molecule has 0 unspecified atom stereocenters. The topological polar surface area (TPSA) is 39.4 Å². The Balaban J connectivity index is 1.80. The minimum Gasteiger partial charge on any atom is -0.480 e. The normalized spacial score (nSPS) is 9.90. The van der Waals surface area contributed by atoms with Crippen LogP contribution in [0.1, 0.15) is 5.56 Å². The van der Waals surface area contributed by atoms with Crippen molar-refractivity contribution in [2.75, 3.05) is 6.61 Å². The molecular weight excluding hydrogens is 264 g/mol. The van der Waals surface area contributed by atoms with E-state index in [0.717, 1.165) is 10.9 Å². The third kappa shape index (κ3) is 3.13. The van der Waals surface area contributed by atoms with E-state index in [9.17, 15) is 4.79 Å². The SMILES string of the molecule is O=c1cc(OCC#Cc2ccccc2)c2ccccc2o1. The fourth-order valence-corrected chi connectivity index (χ4v) is 1.97. The third-order valence-electron chi connectivity index (χ3n) is 2.92. The van der Waals surface area contributed by atoms with Crippen LogP contribution in [0.2, 0.25) is 0 Å². The zero-order valence-corrected chi connectivity index (χ0v) is 11.2. The van der Waals surface area contributed by atoms with Gasteiger partial charge in [0.05, 0.1) is 11.5 Å². The summed E-state index contributed by atoms with van der Waals surface area (Å²) in [6, 6.07) is 18.3. The number of ether oxygens (including phenoxy) is 1. The number of hydrogen-bond acceptors (Lipinski definition) is 3. The summed E-state index contributed by atoms with van der Waals surface area (Å²) in [5, 5.41) is 0.763. The largest absolute Gasteiger partial charge is 0.480 e. The molecule has 21 heavy (non-hydrogen) atoms. The molecule has 102 valence electrons. The lowest BCUT2D eigenvalue weighted by Crippen LogP contribution is -2.01. The van der Waals surface area contributed by atoms with E-state index in [0.29, 0.717) is 11.3 Å². The quantitative estimate of drug-likeness (QED) is 0.533. The molecule has 3 rings (SSSR count). The monoisotopic (exact) mass is 276 g/mol. The second kappa shape index (κ2) is 5.98. The Morgan fingerprint density at radius 2 is 1.76 bits per heavy atom. The minimum absolute atomic E-state index is 0.211. The van der Waals surface area contributed by atoms with Gasteiger partial charge in [-0.05, 0) is 24.3 Å². The highest BCUT2D eigenvalue weighted by molar-refractivity contribution is 5.82. The molecule has 0 atom stereocenters. The van der Waals surface area contributed by atoms with Crippen LogP contribution in [0.5, 0.6) is 5.75 Å². The van der Waals surface area contributed by atoms with E-state index in [1.807, 2.05) is 48.5 Å². The van der Waals surface area contributed by atoms with Crippen molar-refractivity contribution in [3.8, 4) is 17.6 Å². The van der Waals surface area contributed by atoms with Gasteiger partial charge in [0.1, 0.15) is 17.9 Å². The molecule has 0 aliphatic carbocycles. The summed E-state index contributed by atoms with van der Waals surface area (Å²) in [6.07, 6.45) is 0. The van der Waals surface area contributed by atoms with E-state index in [1.165, 1.54) is 6.07 Å². The minimum atomic E-state index is -0.431. The molecule has 2 aromatic carbocycles. The van der Waals surface area contributed by atoms with Crippen molar-refractivity contribution >= 4 is 11.0 Å². The Kier molecular flexibility index (Phi) is 3.70. The molecule has 0 radical (unpaired) electrons. The van der Waals surface area contributed by atoms with Crippen LogP contribution >= 0.6 is 0 Å². The van der Waals surface area contributed by atoms with Crippen molar-refractivity contribution < 1.29 is 9.15 Å². The molecule has 3 aromatic rings. The number of para-hydroxylation sites is 1. The first kappa shape index (κ1) is 13.0. The van der Waals surface area contributed by atoms with Crippen LogP contribution < -0.4 is 10.4 Å². The Morgan fingerprint density at radius 1 is 1.00 bits per heavy atom. The lowest BCUT2D eigenvalue weighted by atomic mass is 10.2. The van der Waals surface area contributed by atoms with Crippen LogP contribution in [0, 0.1) is 11.8 Å². The Hall–Kier alpha value is -2.99. The van der Waals surface area contributed by atoms with Crippen molar-refractivity contribution in [2.24, 2.45) is 0 Å². The van der Waals surface area contributed by atoms with Gasteiger partial charge in [0.2, 0.25) is 0 Å². The van der Waals surface area contributed by atoms with Crippen LogP contribution in [0.4, 0.5) is 0 Å². The van der Waals surface area contributed by atoms with E-state index in [1.54, 1.807) is 6.07 Å². The predicted molar refractivity (Wildman–Crippen MR) is 81.3 cm³/mol. The molecule has 0 spiro atoms. The average Bonchev–Trinajstić information content (AvgIpc) is 2.52. The highest BCUT2D eigenvalue weighted by Gasteiger charge is 2.04. The Bertz CT molecular complexity index is 867. The maximum absolute atomic E-state index is 11.5. The van der Waals surface area contributed by atoms with E-state index in [-0.39, 0.29) is 6.61 Å². The highest BCUT2D eigenvalue weighted by atomic mass is 16.5. The summed E-state index contributed by atoms with van der Waals surface area (Å²) in [5.74, 6) is 6.42.